The first-order chi connectivity index (χ1) is 29.0. The number of hydrogen-bond acceptors (Lipinski definition) is 13. The molecule has 0 spiro atoms. The Morgan fingerprint density at radius 2 is 1.60 bits per heavy atom. The molecule has 19 atom stereocenters. The summed E-state index contributed by atoms with van der Waals surface area (Å²) in [5.41, 5.74) is -10.5. The van der Waals surface area contributed by atoms with Crippen LogP contribution in [0.3, 0.4) is 0 Å². The van der Waals surface area contributed by atoms with Crippen molar-refractivity contribution in [2.24, 2.45) is 40.4 Å². The van der Waals surface area contributed by atoms with Crippen molar-refractivity contribution < 1.29 is 68.0 Å². The average Bonchev–Trinajstić information content (AvgIpc) is 3.61. The Morgan fingerprint density at radius 3 is 2.24 bits per heavy atom. The van der Waals surface area contributed by atoms with E-state index in [-0.39, 0.29) is 63.2 Å². The van der Waals surface area contributed by atoms with Gasteiger partial charge in [-0.1, -0.05) is 33.8 Å². The van der Waals surface area contributed by atoms with Crippen molar-refractivity contribution in [2.45, 2.75) is 192 Å². The molecule has 0 bridgehead atoms. The molecule has 0 aromatic carbocycles. The largest absolute Gasteiger partial charge is 0.459 e. The van der Waals surface area contributed by atoms with Crippen LogP contribution in [0.2, 0.25) is 0 Å². The van der Waals surface area contributed by atoms with Gasteiger partial charge in [0, 0.05) is 48.3 Å². The fourth-order valence-electron chi connectivity index (χ4n) is 13.2. The predicted molar refractivity (Wildman–Crippen MR) is 227 cm³/mol. The van der Waals surface area contributed by atoms with Crippen LogP contribution in [0.4, 0.5) is 8.78 Å². The maximum atomic E-state index is 17.9. The molecular formula is C47H74F2N2O12. The number of aliphatic hydroxyl groups is 6. The molecule has 2 aliphatic heterocycles. The van der Waals surface area contributed by atoms with Gasteiger partial charge in [0.1, 0.15) is 24.0 Å². The molecule has 1 amide bonds. The number of esters is 1. The normalized spacial score (nSPS) is 50.5. The Kier molecular flexibility index (Phi) is 13.5. The van der Waals surface area contributed by atoms with Gasteiger partial charge in [-0.2, -0.15) is 0 Å². The van der Waals surface area contributed by atoms with E-state index in [0.717, 1.165) is 6.08 Å². The van der Waals surface area contributed by atoms with Crippen LogP contribution in [-0.4, -0.2) is 150 Å². The molecular weight excluding hydrogens is 823 g/mol. The number of rotatable bonds is 6. The molecule has 0 aromatic heterocycles. The van der Waals surface area contributed by atoms with Gasteiger partial charge in [-0.25, -0.2) is 8.78 Å². The van der Waals surface area contributed by atoms with Crippen LogP contribution in [0.25, 0.3) is 0 Å². The number of fused-ring (bicyclic) bond motifs is 7. The maximum absolute atomic E-state index is 17.9. The van der Waals surface area contributed by atoms with Gasteiger partial charge in [-0.15, -0.1) is 0 Å². The third kappa shape index (κ3) is 7.96. The second-order valence-electron chi connectivity index (χ2n) is 21.5. The number of cyclic esters (lactones) is 1. The van der Waals surface area contributed by atoms with Crippen LogP contribution in [0.1, 0.15) is 115 Å². The number of alkyl halides is 2. The van der Waals surface area contributed by atoms with E-state index in [1.165, 1.54) is 39.8 Å². The van der Waals surface area contributed by atoms with Crippen LogP contribution in [0.15, 0.2) is 23.8 Å². The van der Waals surface area contributed by atoms with E-state index >= 15 is 8.78 Å². The molecule has 16 heteroatoms. The van der Waals surface area contributed by atoms with Crippen molar-refractivity contribution in [3.63, 3.8) is 0 Å². The van der Waals surface area contributed by atoms with Crippen LogP contribution < -0.4 is 5.32 Å². The molecule has 4 aliphatic carbocycles. The lowest BCUT2D eigenvalue weighted by molar-refractivity contribution is -0.249. The summed E-state index contributed by atoms with van der Waals surface area (Å²) in [6.45, 7) is 18.5. The van der Waals surface area contributed by atoms with Gasteiger partial charge >= 0.3 is 5.97 Å². The first kappa shape index (κ1) is 50.0. The quantitative estimate of drug-likeness (QED) is 0.151. The van der Waals surface area contributed by atoms with Gasteiger partial charge in [0.05, 0.1) is 35.9 Å². The number of halogens is 2. The van der Waals surface area contributed by atoms with Crippen molar-refractivity contribution >= 4 is 17.7 Å². The Bertz CT molecular complexity index is 1830. The zero-order valence-corrected chi connectivity index (χ0v) is 38.9. The van der Waals surface area contributed by atoms with E-state index in [0.29, 0.717) is 6.42 Å². The summed E-state index contributed by atoms with van der Waals surface area (Å²) in [6, 6.07) is -0.758. The molecule has 0 radical (unpaired) electrons. The van der Waals surface area contributed by atoms with E-state index < -0.39 is 129 Å². The highest BCUT2D eigenvalue weighted by molar-refractivity contribution is 6.01. The average molecular weight is 897 g/mol. The SMILES string of the molecule is CC[C@H]1OC(=O)[C@H](C)[C@@H](O)[C@H](C)[C@@H](O)[C@](C)(O)C[C@@H](C)CN(CCCNC(=O)[C@@]23OC(C)(C)OC2CC2C4C[C@H](F)C5=CC(=O)C=C[C@]5(C)[C@@]4(F)[C@@H](O)C[C@@]23C)[C@H](C)[C@@H](O)[C@]1(C)O. The van der Waals surface area contributed by atoms with Crippen molar-refractivity contribution in [3.05, 3.63) is 23.8 Å². The fraction of sp³-hybridized carbons (Fsp3) is 0.851. The number of hydrogen-bond donors (Lipinski definition) is 7. The first-order valence-electron chi connectivity index (χ1n) is 23.0. The zero-order chi connectivity index (χ0) is 47.2. The van der Waals surface area contributed by atoms with Crippen LogP contribution in [0.5, 0.6) is 0 Å². The van der Waals surface area contributed by atoms with Gasteiger partial charge in [-0.3, -0.25) is 19.3 Å². The molecule has 6 aliphatic rings. The van der Waals surface area contributed by atoms with E-state index in [1.54, 1.807) is 41.5 Å². The minimum absolute atomic E-state index is 0.00912. The molecule has 5 fully saturated rings. The Morgan fingerprint density at radius 1 is 0.952 bits per heavy atom. The molecule has 358 valence electrons. The lowest BCUT2D eigenvalue weighted by Crippen LogP contribution is -2.71. The predicted octanol–water partition coefficient (Wildman–Crippen LogP) is 3.22. The Balaban J connectivity index is 1.24. The number of amides is 1. The highest BCUT2D eigenvalue weighted by atomic mass is 19.1. The number of nitrogens with zero attached hydrogens (tertiary/aromatic N) is 1. The van der Waals surface area contributed by atoms with Crippen LogP contribution >= 0.6 is 0 Å². The maximum Gasteiger partial charge on any atom is 0.311 e. The monoisotopic (exact) mass is 897 g/mol. The van der Waals surface area contributed by atoms with Gasteiger partial charge in [-0.05, 0) is 117 Å². The Labute approximate surface area is 370 Å². The summed E-state index contributed by atoms with van der Waals surface area (Å²) in [6.07, 6.45) is -5.63. The van der Waals surface area contributed by atoms with Gasteiger partial charge in [0.2, 0.25) is 0 Å². The third-order valence-electron chi connectivity index (χ3n) is 16.6. The van der Waals surface area contributed by atoms with Crippen LogP contribution in [-0.2, 0) is 28.6 Å². The molecule has 6 rings (SSSR count). The smallest absolute Gasteiger partial charge is 0.311 e. The highest BCUT2D eigenvalue weighted by Crippen LogP contribution is 2.72. The van der Waals surface area contributed by atoms with Crippen LogP contribution in [0, 0.1) is 40.4 Å². The zero-order valence-electron chi connectivity index (χ0n) is 38.9. The second-order valence-corrected chi connectivity index (χ2v) is 21.5. The van der Waals surface area contributed by atoms with E-state index in [2.05, 4.69) is 5.32 Å². The molecule has 63 heavy (non-hydrogen) atoms. The first-order valence-corrected chi connectivity index (χ1v) is 23.0. The highest BCUT2D eigenvalue weighted by Gasteiger charge is 2.81. The standard InChI is InChI=1S/C47H74F2N2O12/c1-12-34-45(11,60)38(56)27(5)51(23-24(2)21-44(10,59)37(55)25(3)36(54)26(4)39(57)61-34)17-13-16-50-40(58)47-35(62-41(6,7)63-47)20-29-30-19-32(48)31-18-28(52)14-15-42(31,8)46(30,49)33(53)22-43(29,47)9/h14-15,18,24-27,29-30,32-38,53-56,59-60H,12-13,16-17,19-23H2,1-11H3,(H,50,58)/t24-,25+,26-,27-,29?,30?,32+,33+,34-,35?,36+,37-,38-,42+,43+,44-,45-,46+,47+/m1/s1. The van der Waals surface area contributed by atoms with Crippen molar-refractivity contribution in [1.29, 1.82) is 0 Å². The van der Waals surface area contributed by atoms with Gasteiger partial charge in [0.25, 0.3) is 5.91 Å². The fourth-order valence-corrected chi connectivity index (χ4v) is 13.2. The van der Waals surface area contributed by atoms with Crippen molar-refractivity contribution in [3.8, 4) is 0 Å². The minimum Gasteiger partial charge on any atom is -0.459 e. The lowest BCUT2D eigenvalue weighted by atomic mass is 9.44. The summed E-state index contributed by atoms with van der Waals surface area (Å²) in [5.74, 6) is -7.06. The number of aliphatic hydroxyl groups excluding tert-OH is 4. The number of allylic oxidation sites excluding steroid dienone is 4. The number of ketones is 1. The number of carbonyl (C=O) groups excluding carboxylic acids is 3. The molecule has 14 nitrogen and oxygen atoms in total. The summed E-state index contributed by atoms with van der Waals surface area (Å²) < 4.78 is 52.8. The summed E-state index contributed by atoms with van der Waals surface area (Å²) in [7, 11) is 0. The minimum atomic E-state index is -2.35. The summed E-state index contributed by atoms with van der Waals surface area (Å²) in [5, 5.41) is 72.5. The van der Waals surface area contributed by atoms with Gasteiger partial charge < -0.3 is 50.2 Å². The third-order valence-corrected chi connectivity index (χ3v) is 16.6. The molecule has 0 aromatic rings. The number of ether oxygens (including phenoxy) is 3. The second kappa shape index (κ2) is 17.0. The van der Waals surface area contributed by atoms with E-state index in [4.69, 9.17) is 14.2 Å². The summed E-state index contributed by atoms with van der Waals surface area (Å²) in [4.78, 5) is 42.4. The lowest BCUT2D eigenvalue weighted by Gasteiger charge is -2.63. The van der Waals surface area contributed by atoms with Crippen molar-refractivity contribution in [2.75, 3.05) is 19.6 Å². The number of carbonyl (C=O) groups is 3. The van der Waals surface area contributed by atoms with Gasteiger partial charge in [0.15, 0.2) is 22.8 Å². The molecule has 7 N–H and O–H groups in total. The molecule has 3 unspecified atom stereocenters. The van der Waals surface area contributed by atoms with Crippen molar-refractivity contribution in [1.82, 2.24) is 10.2 Å². The Hall–Kier alpha value is -2.41. The summed E-state index contributed by atoms with van der Waals surface area (Å²) >= 11 is 0. The molecule has 2 heterocycles. The van der Waals surface area contributed by atoms with E-state index in [1.807, 2.05) is 11.8 Å². The van der Waals surface area contributed by atoms with E-state index in [9.17, 15) is 45.0 Å². The molecule has 3 saturated carbocycles. The molecule has 2 saturated heterocycles. The number of nitrogens with one attached hydrogen (secondary N) is 1. The topological polar surface area (TPSA) is 216 Å².